The molecule has 126 valence electrons. The molecule has 23 heavy (non-hydrogen) atoms. The van der Waals surface area contributed by atoms with E-state index in [1.165, 1.54) is 4.31 Å². The van der Waals surface area contributed by atoms with Crippen molar-refractivity contribution < 1.29 is 12.9 Å². The minimum Gasteiger partial charge on any atom is -0.360 e. The molecule has 3 heterocycles. The van der Waals surface area contributed by atoms with Crippen LogP contribution in [0.15, 0.2) is 14.8 Å². The summed E-state index contributed by atoms with van der Waals surface area (Å²) >= 11 is 1.64. The number of thiazole rings is 1. The molecule has 0 atom stereocenters. The lowest BCUT2D eigenvalue weighted by atomic mass is 10.3. The Morgan fingerprint density at radius 2 is 1.91 bits per heavy atom. The Hall–Kier alpha value is -1.29. The highest BCUT2D eigenvalue weighted by Gasteiger charge is 2.33. The number of nitrogens with zero attached hydrogens (tertiary/aromatic N) is 4. The van der Waals surface area contributed by atoms with E-state index >= 15 is 0 Å². The van der Waals surface area contributed by atoms with Crippen molar-refractivity contribution in [2.75, 3.05) is 26.2 Å². The van der Waals surface area contributed by atoms with E-state index in [1.807, 2.05) is 6.92 Å². The SMILES string of the molecule is Cc1nc(CN2CCN(S(=O)(=O)c3c(C)noc3C)CC2)cs1. The molecule has 0 spiro atoms. The number of rotatable bonds is 4. The van der Waals surface area contributed by atoms with Crippen LogP contribution in [0.3, 0.4) is 0 Å². The van der Waals surface area contributed by atoms with E-state index in [0.717, 1.165) is 17.2 Å². The second-order valence-electron chi connectivity index (χ2n) is 5.69. The summed E-state index contributed by atoms with van der Waals surface area (Å²) in [4.78, 5) is 6.90. The normalized spacial score (nSPS) is 17.7. The maximum absolute atomic E-state index is 12.8. The Morgan fingerprint density at radius 1 is 1.22 bits per heavy atom. The zero-order valence-corrected chi connectivity index (χ0v) is 15.1. The van der Waals surface area contributed by atoms with Crippen molar-refractivity contribution in [3.63, 3.8) is 0 Å². The summed E-state index contributed by atoms with van der Waals surface area (Å²) in [7, 11) is -3.54. The van der Waals surface area contributed by atoms with Gasteiger partial charge in [-0.1, -0.05) is 5.16 Å². The van der Waals surface area contributed by atoms with E-state index in [4.69, 9.17) is 4.52 Å². The van der Waals surface area contributed by atoms with Gasteiger partial charge in [0.2, 0.25) is 10.0 Å². The fraction of sp³-hybridized carbons (Fsp3) is 0.571. The third-order valence-electron chi connectivity index (χ3n) is 3.95. The molecule has 1 fully saturated rings. The van der Waals surface area contributed by atoms with E-state index in [-0.39, 0.29) is 4.90 Å². The molecule has 0 unspecified atom stereocenters. The maximum Gasteiger partial charge on any atom is 0.248 e. The summed E-state index contributed by atoms with van der Waals surface area (Å²) in [6.07, 6.45) is 0. The van der Waals surface area contributed by atoms with Gasteiger partial charge in [-0.05, 0) is 20.8 Å². The van der Waals surface area contributed by atoms with Crippen molar-refractivity contribution in [2.24, 2.45) is 0 Å². The molecule has 9 heteroatoms. The number of aromatic nitrogens is 2. The maximum atomic E-state index is 12.8. The van der Waals surface area contributed by atoms with Gasteiger partial charge in [0.05, 0.1) is 10.7 Å². The fourth-order valence-corrected chi connectivity index (χ4v) is 5.13. The molecule has 1 saturated heterocycles. The van der Waals surface area contributed by atoms with Crippen LogP contribution in [0.2, 0.25) is 0 Å². The highest BCUT2D eigenvalue weighted by atomic mass is 32.2. The summed E-state index contributed by atoms with van der Waals surface area (Å²) in [5, 5.41) is 6.87. The first kappa shape index (κ1) is 16.6. The molecular formula is C14H20N4O3S2. The molecule has 0 N–H and O–H groups in total. The molecule has 7 nitrogen and oxygen atoms in total. The summed E-state index contributed by atoms with van der Waals surface area (Å²) in [6, 6.07) is 0. The number of hydrogen-bond donors (Lipinski definition) is 0. The summed E-state index contributed by atoms with van der Waals surface area (Å²) in [6.45, 7) is 8.37. The second-order valence-corrected chi connectivity index (χ2v) is 8.63. The predicted octanol–water partition coefficient (Wildman–Crippen LogP) is 1.56. The molecule has 2 aromatic heterocycles. The molecule has 2 aromatic rings. The third-order valence-corrected chi connectivity index (χ3v) is 6.92. The van der Waals surface area contributed by atoms with Crippen LogP contribution in [0.1, 0.15) is 22.2 Å². The van der Waals surface area contributed by atoms with E-state index in [2.05, 4.69) is 20.4 Å². The summed E-state index contributed by atoms with van der Waals surface area (Å²) in [5.41, 5.74) is 1.47. The zero-order valence-electron chi connectivity index (χ0n) is 13.4. The summed E-state index contributed by atoms with van der Waals surface area (Å²) in [5.74, 6) is 0.350. The van der Waals surface area contributed by atoms with Crippen LogP contribution >= 0.6 is 11.3 Å². The molecule has 0 aliphatic carbocycles. The van der Waals surface area contributed by atoms with Crippen molar-refractivity contribution in [2.45, 2.75) is 32.2 Å². The molecule has 0 aromatic carbocycles. The van der Waals surface area contributed by atoms with Crippen LogP contribution in [0.4, 0.5) is 0 Å². The Balaban J connectivity index is 1.66. The Kier molecular flexibility index (Phi) is 4.54. The van der Waals surface area contributed by atoms with E-state index < -0.39 is 10.0 Å². The van der Waals surface area contributed by atoms with Gasteiger partial charge in [0.1, 0.15) is 10.6 Å². The van der Waals surface area contributed by atoms with Gasteiger partial charge in [0, 0.05) is 38.1 Å². The molecule has 1 aliphatic heterocycles. The standard InChI is InChI=1S/C14H20N4O3S2/c1-10-14(11(2)21-16-10)23(19,20)18-6-4-17(5-7-18)8-13-9-22-12(3)15-13/h9H,4-8H2,1-3H3. The lowest BCUT2D eigenvalue weighted by Crippen LogP contribution is -2.48. The van der Waals surface area contributed by atoms with Gasteiger partial charge in [-0.3, -0.25) is 4.90 Å². The highest BCUT2D eigenvalue weighted by molar-refractivity contribution is 7.89. The van der Waals surface area contributed by atoms with Crippen molar-refractivity contribution in [1.82, 2.24) is 19.3 Å². The van der Waals surface area contributed by atoms with Crippen molar-refractivity contribution in [1.29, 1.82) is 0 Å². The average molecular weight is 356 g/mol. The van der Waals surface area contributed by atoms with E-state index in [1.54, 1.807) is 25.2 Å². The first-order chi connectivity index (χ1) is 10.9. The molecule has 0 radical (unpaired) electrons. The van der Waals surface area contributed by atoms with Crippen LogP contribution in [0.5, 0.6) is 0 Å². The van der Waals surface area contributed by atoms with Crippen molar-refractivity contribution in [3.05, 3.63) is 27.5 Å². The van der Waals surface area contributed by atoms with Gasteiger partial charge in [-0.2, -0.15) is 4.31 Å². The molecule has 3 rings (SSSR count). The van der Waals surface area contributed by atoms with Gasteiger partial charge in [0.25, 0.3) is 0 Å². The van der Waals surface area contributed by atoms with E-state index in [0.29, 0.717) is 37.6 Å². The summed E-state index contributed by atoms with van der Waals surface area (Å²) < 4.78 is 32.0. The second kappa shape index (κ2) is 6.31. The molecule has 0 saturated carbocycles. The van der Waals surface area contributed by atoms with E-state index in [9.17, 15) is 8.42 Å². The van der Waals surface area contributed by atoms with Crippen molar-refractivity contribution in [3.8, 4) is 0 Å². The van der Waals surface area contributed by atoms with Crippen LogP contribution in [-0.2, 0) is 16.6 Å². The lowest BCUT2D eigenvalue weighted by Gasteiger charge is -2.33. The Bertz CT molecular complexity index is 769. The van der Waals surface area contributed by atoms with Gasteiger partial charge in [-0.25, -0.2) is 13.4 Å². The minimum absolute atomic E-state index is 0.209. The quantitative estimate of drug-likeness (QED) is 0.827. The highest BCUT2D eigenvalue weighted by Crippen LogP contribution is 2.24. The Morgan fingerprint density at radius 3 is 2.43 bits per heavy atom. The smallest absolute Gasteiger partial charge is 0.248 e. The van der Waals surface area contributed by atoms with Gasteiger partial charge >= 0.3 is 0 Å². The predicted molar refractivity (Wildman–Crippen MR) is 86.9 cm³/mol. The minimum atomic E-state index is -3.54. The molecular weight excluding hydrogens is 336 g/mol. The lowest BCUT2D eigenvalue weighted by molar-refractivity contribution is 0.180. The monoisotopic (exact) mass is 356 g/mol. The average Bonchev–Trinajstić information content (AvgIpc) is 3.05. The number of piperazine rings is 1. The number of hydrogen-bond acceptors (Lipinski definition) is 7. The van der Waals surface area contributed by atoms with Crippen LogP contribution in [0.25, 0.3) is 0 Å². The van der Waals surface area contributed by atoms with Crippen LogP contribution < -0.4 is 0 Å². The molecule has 0 amide bonds. The van der Waals surface area contributed by atoms with Gasteiger partial charge in [0.15, 0.2) is 5.76 Å². The third kappa shape index (κ3) is 3.32. The van der Waals surface area contributed by atoms with Crippen LogP contribution in [0, 0.1) is 20.8 Å². The number of sulfonamides is 1. The van der Waals surface area contributed by atoms with Gasteiger partial charge in [-0.15, -0.1) is 11.3 Å². The first-order valence-electron chi connectivity index (χ1n) is 7.44. The molecule has 1 aliphatic rings. The zero-order chi connectivity index (χ0) is 16.6. The fourth-order valence-electron chi connectivity index (χ4n) is 2.81. The Labute approximate surface area is 140 Å². The molecule has 0 bridgehead atoms. The number of aryl methyl sites for hydroxylation is 3. The van der Waals surface area contributed by atoms with Crippen molar-refractivity contribution >= 4 is 21.4 Å². The first-order valence-corrected chi connectivity index (χ1v) is 9.76. The van der Waals surface area contributed by atoms with Gasteiger partial charge < -0.3 is 4.52 Å². The van der Waals surface area contributed by atoms with Crippen LogP contribution in [-0.4, -0.2) is 53.9 Å². The topological polar surface area (TPSA) is 79.5 Å². The largest absolute Gasteiger partial charge is 0.360 e.